The molecule has 2 aromatic carbocycles. The minimum absolute atomic E-state index is 0.0339. The quantitative estimate of drug-likeness (QED) is 0.813. The summed E-state index contributed by atoms with van der Waals surface area (Å²) < 4.78 is 0. The Morgan fingerprint density at radius 3 is 1.96 bits per heavy atom. The van der Waals surface area contributed by atoms with Crippen LogP contribution in [0, 0.1) is 11.3 Å². The van der Waals surface area contributed by atoms with Gasteiger partial charge >= 0.3 is 0 Å². The number of hydrogen-bond donors (Lipinski definition) is 2. The summed E-state index contributed by atoms with van der Waals surface area (Å²) in [6, 6.07) is 17.7. The summed E-state index contributed by atoms with van der Waals surface area (Å²) in [5.41, 5.74) is 2.41. The Labute approximate surface area is 167 Å². The van der Waals surface area contributed by atoms with Gasteiger partial charge in [-0.15, -0.1) is 0 Å². The van der Waals surface area contributed by atoms with Gasteiger partial charge in [0, 0.05) is 41.5 Å². The lowest BCUT2D eigenvalue weighted by atomic mass is 9.90. The van der Waals surface area contributed by atoms with E-state index in [2.05, 4.69) is 10.6 Å². The molecule has 3 rings (SSSR count). The third-order valence-electron chi connectivity index (χ3n) is 5.01. The summed E-state index contributed by atoms with van der Waals surface area (Å²) in [4.78, 5) is 26.8. The smallest absolute Gasteiger partial charge is 0.227 e. The van der Waals surface area contributed by atoms with Crippen molar-refractivity contribution in [1.29, 1.82) is 0 Å². The Kier molecular flexibility index (Phi) is 6.02. The molecule has 0 unspecified atom stereocenters. The number of piperidine rings is 1. The molecule has 0 spiro atoms. The fraction of sp³-hybridized carbons (Fsp3) is 0.391. The number of nitrogens with zero attached hydrogens (tertiary/aromatic N) is 1. The van der Waals surface area contributed by atoms with Gasteiger partial charge in [-0.1, -0.05) is 39.0 Å². The van der Waals surface area contributed by atoms with E-state index in [1.807, 2.05) is 80.3 Å². The van der Waals surface area contributed by atoms with Gasteiger partial charge in [-0.3, -0.25) is 9.59 Å². The van der Waals surface area contributed by atoms with E-state index < -0.39 is 0 Å². The number of rotatable bonds is 4. The zero-order chi connectivity index (χ0) is 20.1. The maximum absolute atomic E-state index is 12.6. The van der Waals surface area contributed by atoms with Gasteiger partial charge in [-0.2, -0.15) is 0 Å². The summed E-state index contributed by atoms with van der Waals surface area (Å²) in [5.74, 6) is 0.144. The van der Waals surface area contributed by atoms with E-state index >= 15 is 0 Å². The lowest BCUT2D eigenvalue weighted by Crippen LogP contribution is -2.45. The first-order valence-electron chi connectivity index (χ1n) is 9.85. The number of likely N-dealkylation sites (tertiary alicyclic amines) is 1. The van der Waals surface area contributed by atoms with Gasteiger partial charge in [-0.25, -0.2) is 0 Å². The number of amides is 2. The first-order chi connectivity index (χ1) is 13.3. The highest BCUT2D eigenvalue weighted by Gasteiger charge is 2.32. The predicted molar refractivity (Wildman–Crippen MR) is 114 cm³/mol. The Bertz CT molecular complexity index is 802. The van der Waals surface area contributed by atoms with Crippen LogP contribution in [0.4, 0.5) is 17.1 Å². The largest absolute Gasteiger partial charge is 0.356 e. The molecule has 28 heavy (non-hydrogen) atoms. The van der Waals surface area contributed by atoms with E-state index in [1.54, 1.807) is 0 Å². The fourth-order valence-electron chi connectivity index (χ4n) is 3.39. The van der Waals surface area contributed by atoms with Crippen molar-refractivity contribution in [2.24, 2.45) is 11.3 Å². The molecule has 1 aliphatic heterocycles. The van der Waals surface area contributed by atoms with Gasteiger partial charge < -0.3 is 15.5 Å². The first-order valence-corrected chi connectivity index (χ1v) is 9.85. The Morgan fingerprint density at radius 1 is 0.857 bits per heavy atom. The molecule has 0 radical (unpaired) electrons. The number of benzene rings is 2. The minimum Gasteiger partial charge on any atom is -0.356 e. The van der Waals surface area contributed by atoms with Crippen LogP contribution in [0.1, 0.15) is 33.6 Å². The topological polar surface area (TPSA) is 61.4 Å². The van der Waals surface area contributed by atoms with Crippen molar-refractivity contribution in [1.82, 2.24) is 4.90 Å². The van der Waals surface area contributed by atoms with E-state index in [4.69, 9.17) is 0 Å². The number of anilines is 3. The average Bonchev–Trinajstić information content (AvgIpc) is 2.69. The molecule has 5 nitrogen and oxygen atoms in total. The Balaban J connectivity index is 1.51. The summed E-state index contributed by atoms with van der Waals surface area (Å²) in [6.45, 7) is 7.10. The second-order valence-electron chi connectivity index (χ2n) is 8.37. The average molecular weight is 380 g/mol. The Hall–Kier alpha value is -2.82. The van der Waals surface area contributed by atoms with Gasteiger partial charge in [-0.05, 0) is 49.2 Å². The second kappa shape index (κ2) is 8.46. The first kappa shape index (κ1) is 19.9. The van der Waals surface area contributed by atoms with E-state index in [0.717, 1.165) is 17.1 Å². The molecule has 148 valence electrons. The van der Waals surface area contributed by atoms with Crippen molar-refractivity contribution in [3.63, 3.8) is 0 Å². The maximum atomic E-state index is 12.6. The third kappa shape index (κ3) is 5.12. The van der Waals surface area contributed by atoms with Crippen molar-refractivity contribution in [2.75, 3.05) is 23.7 Å². The maximum Gasteiger partial charge on any atom is 0.227 e. The number of carbonyl (C=O) groups is 2. The highest BCUT2D eigenvalue weighted by atomic mass is 16.2. The zero-order valence-electron chi connectivity index (χ0n) is 16.9. The molecule has 1 aliphatic rings. The minimum atomic E-state index is -0.370. The van der Waals surface area contributed by atoms with Crippen LogP contribution in [0.3, 0.4) is 0 Å². The molecule has 1 saturated heterocycles. The normalized spacial score (nSPS) is 15.2. The fourth-order valence-corrected chi connectivity index (χ4v) is 3.39. The van der Waals surface area contributed by atoms with Gasteiger partial charge in [0.15, 0.2) is 0 Å². The van der Waals surface area contributed by atoms with Crippen molar-refractivity contribution in [3.05, 3.63) is 54.6 Å². The summed E-state index contributed by atoms with van der Waals surface area (Å²) in [5, 5.41) is 6.33. The van der Waals surface area contributed by atoms with Crippen molar-refractivity contribution < 1.29 is 9.59 Å². The summed E-state index contributed by atoms with van der Waals surface area (Å²) >= 11 is 0. The van der Waals surface area contributed by atoms with E-state index in [1.165, 1.54) is 0 Å². The van der Waals surface area contributed by atoms with Gasteiger partial charge in [0.1, 0.15) is 0 Å². The van der Waals surface area contributed by atoms with Crippen molar-refractivity contribution in [2.45, 2.75) is 33.6 Å². The van der Waals surface area contributed by atoms with Crippen molar-refractivity contribution in [3.8, 4) is 0 Å². The molecule has 0 bridgehead atoms. The summed E-state index contributed by atoms with van der Waals surface area (Å²) in [6.07, 6.45) is 1.42. The monoisotopic (exact) mass is 379 g/mol. The molecule has 1 heterocycles. The van der Waals surface area contributed by atoms with Crippen LogP contribution in [-0.4, -0.2) is 29.8 Å². The van der Waals surface area contributed by atoms with Crippen LogP contribution < -0.4 is 10.6 Å². The van der Waals surface area contributed by atoms with Crippen molar-refractivity contribution >= 4 is 28.9 Å². The van der Waals surface area contributed by atoms with Gasteiger partial charge in [0.2, 0.25) is 11.8 Å². The SMILES string of the molecule is CC(C)(C)C(=O)N1CCC(C(=O)Nc2ccc(Nc3ccccc3)cc2)CC1. The third-order valence-corrected chi connectivity index (χ3v) is 5.01. The molecule has 5 heteroatoms. The standard InChI is InChI=1S/C23H29N3O2/c1-23(2,3)22(28)26-15-13-17(14-16-26)21(27)25-20-11-9-19(10-12-20)24-18-7-5-4-6-8-18/h4-12,17,24H,13-16H2,1-3H3,(H,25,27). The van der Waals surface area contributed by atoms with Crippen LogP contribution in [0.2, 0.25) is 0 Å². The van der Waals surface area contributed by atoms with Crippen LogP contribution in [-0.2, 0) is 9.59 Å². The lowest BCUT2D eigenvalue weighted by Gasteiger charge is -2.35. The molecule has 0 saturated carbocycles. The Morgan fingerprint density at radius 2 is 1.39 bits per heavy atom. The number of nitrogens with one attached hydrogen (secondary N) is 2. The molecule has 0 aromatic heterocycles. The predicted octanol–water partition coefficient (Wildman–Crippen LogP) is 4.65. The number of hydrogen-bond acceptors (Lipinski definition) is 3. The summed E-state index contributed by atoms with van der Waals surface area (Å²) in [7, 11) is 0. The second-order valence-corrected chi connectivity index (χ2v) is 8.37. The molecule has 2 amide bonds. The van der Waals surface area contributed by atoms with E-state index in [-0.39, 0.29) is 23.1 Å². The number of carbonyl (C=O) groups excluding carboxylic acids is 2. The lowest BCUT2D eigenvalue weighted by molar-refractivity contribution is -0.142. The zero-order valence-corrected chi connectivity index (χ0v) is 16.9. The van der Waals surface area contributed by atoms with Gasteiger partial charge in [0.05, 0.1) is 0 Å². The van der Waals surface area contributed by atoms with E-state index in [9.17, 15) is 9.59 Å². The molecule has 0 aliphatic carbocycles. The van der Waals surface area contributed by atoms with Crippen LogP contribution >= 0.6 is 0 Å². The highest BCUT2D eigenvalue weighted by Crippen LogP contribution is 2.25. The van der Waals surface area contributed by atoms with Crippen LogP contribution in [0.5, 0.6) is 0 Å². The molecule has 2 aromatic rings. The van der Waals surface area contributed by atoms with Crippen LogP contribution in [0.15, 0.2) is 54.6 Å². The highest BCUT2D eigenvalue weighted by molar-refractivity contribution is 5.93. The molecule has 0 atom stereocenters. The number of para-hydroxylation sites is 1. The molecule has 2 N–H and O–H groups in total. The van der Waals surface area contributed by atoms with Gasteiger partial charge in [0.25, 0.3) is 0 Å². The molecular formula is C23H29N3O2. The molecule has 1 fully saturated rings. The molecular weight excluding hydrogens is 350 g/mol. The van der Waals surface area contributed by atoms with Crippen LogP contribution in [0.25, 0.3) is 0 Å². The van der Waals surface area contributed by atoms with E-state index in [0.29, 0.717) is 25.9 Å².